The van der Waals surface area contributed by atoms with Gasteiger partial charge in [0.2, 0.25) is 5.95 Å². The lowest BCUT2D eigenvalue weighted by Crippen LogP contribution is -2.12. The third kappa shape index (κ3) is 3.44. The highest BCUT2D eigenvalue weighted by molar-refractivity contribution is 5.20. The molecule has 1 heterocycles. The topological polar surface area (TPSA) is 83.2 Å². The third-order valence-electron chi connectivity index (χ3n) is 2.81. The van der Waals surface area contributed by atoms with Crippen molar-refractivity contribution in [1.29, 1.82) is 0 Å². The third-order valence-corrected chi connectivity index (χ3v) is 2.81. The molecule has 0 radical (unpaired) electrons. The lowest BCUT2D eigenvalue weighted by molar-refractivity contribution is 0.226. The van der Waals surface area contributed by atoms with Crippen LogP contribution in [0.5, 0.6) is 12.0 Å². The molecule has 0 aromatic carbocycles. The summed E-state index contributed by atoms with van der Waals surface area (Å²) in [6.07, 6.45) is 5.02. The van der Waals surface area contributed by atoms with E-state index in [0.717, 1.165) is 0 Å². The van der Waals surface area contributed by atoms with Crippen molar-refractivity contribution < 1.29 is 9.47 Å². The zero-order valence-electron chi connectivity index (χ0n) is 10.1. The maximum atomic E-state index is 5.55. The van der Waals surface area contributed by atoms with Crippen molar-refractivity contribution in [2.45, 2.75) is 32.6 Å². The predicted molar refractivity (Wildman–Crippen MR) is 62.9 cm³/mol. The molecule has 6 nitrogen and oxygen atoms in total. The summed E-state index contributed by atoms with van der Waals surface area (Å²) in [4.78, 5) is 11.8. The molecule has 6 heteroatoms. The first-order valence-electron chi connectivity index (χ1n) is 6.05. The number of ether oxygens (including phenoxy) is 2. The molecule has 0 bridgehead atoms. The van der Waals surface area contributed by atoms with E-state index < -0.39 is 0 Å². The van der Waals surface area contributed by atoms with E-state index in [-0.39, 0.29) is 18.0 Å². The van der Waals surface area contributed by atoms with Crippen molar-refractivity contribution in [3.05, 3.63) is 0 Å². The quantitative estimate of drug-likeness (QED) is 0.835. The first-order chi connectivity index (χ1) is 8.28. The molecule has 17 heavy (non-hydrogen) atoms. The summed E-state index contributed by atoms with van der Waals surface area (Å²) in [5.41, 5.74) is 5.55. The van der Waals surface area contributed by atoms with Crippen molar-refractivity contribution in [2.75, 3.05) is 18.9 Å². The average Bonchev–Trinajstić information content (AvgIpc) is 2.79. The Bertz CT molecular complexity index is 366. The molecule has 0 spiro atoms. The molecule has 0 amide bonds. The fraction of sp³-hybridized carbons (Fsp3) is 0.727. The fourth-order valence-electron chi connectivity index (χ4n) is 1.98. The molecule has 94 valence electrons. The molecule has 1 saturated carbocycles. The van der Waals surface area contributed by atoms with Gasteiger partial charge in [0.25, 0.3) is 0 Å². The predicted octanol–water partition coefficient (Wildman–Crippen LogP) is 1.42. The molecule has 1 aromatic rings. The summed E-state index contributed by atoms with van der Waals surface area (Å²) in [5, 5.41) is 0. The van der Waals surface area contributed by atoms with Crippen LogP contribution in [0.4, 0.5) is 5.95 Å². The van der Waals surface area contributed by atoms with E-state index in [1.54, 1.807) is 0 Å². The van der Waals surface area contributed by atoms with Crippen LogP contribution in [0.3, 0.4) is 0 Å². The van der Waals surface area contributed by atoms with Crippen LogP contribution < -0.4 is 15.2 Å². The Morgan fingerprint density at radius 3 is 2.41 bits per heavy atom. The Morgan fingerprint density at radius 1 is 1.12 bits per heavy atom. The number of aromatic nitrogens is 3. The molecule has 2 rings (SSSR count). The first kappa shape index (κ1) is 11.9. The number of anilines is 1. The molecular weight excluding hydrogens is 220 g/mol. The van der Waals surface area contributed by atoms with Crippen LogP contribution in [0.2, 0.25) is 0 Å². The molecule has 0 saturated heterocycles. The molecule has 0 aliphatic heterocycles. The summed E-state index contributed by atoms with van der Waals surface area (Å²) in [7, 11) is 0. The molecule has 1 fully saturated rings. The highest BCUT2D eigenvalue weighted by Crippen LogP contribution is 2.25. The van der Waals surface area contributed by atoms with E-state index in [0.29, 0.717) is 19.1 Å². The standard InChI is InChI=1S/C11H18N4O2/c1-2-16-10-13-9(12)14-11(15-10)17-7-8-5-3-4-6-8/h8H,2-7H2,1H3,(H2,12,13,14,15). The number of nitrogens with two attached hydrogens (primary N) is 1. The highest BCUT2D eigenvalue weighted by atomic mass is 16.5. The summed E-state index contributed by atoms with van der Waals surface area (Å²) in [6, 6.07) is 0.481. The van der Waals surface area contributed by atoms with Crippen molar-refractivity contribution in [2.24, 2.45) is 5.92 Å². The normalized spacial score (nSPS) is 16.1. The fourth-order valence-corrected chi connectivity index (χ4v) is 1.98. The Labute approximate surface area is 101 Å². The molecule has 1 aliphatic carbocycles. The minimum absolute atomic E-state index is 0.130. The number of hydrogen-bond acceptors (Lipinski definition) is 6. The second-order valence-electron chi connectivity index (χ2n) is 4.15. The molecule has 0 atom stereocenters. The van der Waals surface area contributed by atoms with Crippen molar-refractivity contribution in [3.63, 3.8) is 0 Å². The van der Waals surface area contributed by atoms with Crippen LogP contribution >= 0.6 is 0 Å². The van der Waals surface area contributed by atoms with Gasteiger partial charge in [-0.1, -0.05) is 12.8 Å². The van der Waals surface area contributed by atoms with E-state index in [1.165, 1.54) is 25.7 Å². The van der Waals surface area contributed by atoms with Gasteiger partial charge in [-0.05, 0) is 25.7 Å². The Balaban J connectivity index is 1.94. The van der Waals surface area contributed by atoms with Gasteiger partial charge < -0.3 is 15.2 Å². The van der Waals surface area contributed by atoms with Crippen LogP contribution in [0.15, 0.2) is 0 Å². The highest BCUT2D eigenvalue weighted by Gasteiger charge is 2.16. The molecule has 1 aliphatic rings. The smallest absolute Gasteiger partial charge is 0.324 e. The molecule has 2 N–H and O–H groups in total. The Hall–Kier alpha value is -1.59. The lowest BCUT2D eigenvalue weighted by Gasteiger charge is -2.10. The number of nitrogen functional groups attached to an aromatic ring is 1. The minimum atomic E-state index is 0.130. The lowest BCUT2D eigenvalue weighted by atomic mass is 10.1. The summed E-state index contributed by atoms with van der Waals surface area (Å²) in [5.74, 6) is 0.744. The van der Waals surface area contributed by atoms with Gasteiger partial charge in [-0.25, -0.2) is 0 Å². The monoisotopic (exact) mass is 238 g/mol. The number of nitrogens with zero attached hydrogens (tertiary/aromatic N) is 3. The SMILES string of the molecule is CCOc1nc(N)nc(OCC2CCCC2)n1. The van der Waals surface area contributed by atoms with E-state index in [2.05, 4.69) is 15.0 Å². The molecular formula is C11H18N4O2. The van der Waals surface area contributed by atoms with Gasteiger partial charge in [-0.3, -0.25) is 0 Å². The average molecular weight is 238 g/mol. The maximum Gasteiger partial charge on any atom is 0.324 e. The Morgan fingerprint density at radius 2 is 1.76 bits per heavy atom. The minimum Gasteiger partial charge on any atom is -0.464 e. The van der Waals surface area contributed by atoms with Crippen molar-refractivity contribution in [3.8, 4) is 12.0 Å². The van der Waals surface area contributed by atoms with Crippen LogP contribution in [-0.4, -0.2) is 28.2 Å². The zero-order valence-corrected chi connectivity index (χ0v) is 10.1. The largest absolute Gasteiger partial charge is 0.464 e. The van der Waals surface area contributed by atoms with Crippen LogP contribution in [0.25, 0.3) is 0 Å². The second-order valence-corrected chi connectivity index (χ2v) is 4.15. The molecule has 0 unspecified atom stereocenters. The van der Waals surface area contributed by atoms with Crippen molar-refractivity contribution in [1.82, 2.24) is 15.0 Å². The first-order valence-corrected chi connectivity index (χ1v) is 6.05. The van der Waals surface area contributed by atoms with Crippen LogP contribution in [0, 0.1) is 5.92 Å². The second kappa shape index (κ2) is 5.65. The van der Waals surface area contributed by atoms with Gasteiger partial charge in [0.15, 0.2) is 0 Å². The number of hydrogen-bond donors (Lipinski definition) is 1. The van der Waals surface area contributed by atoms with Gasteiger partial charge in [-0.15, -0.1) is 4.98 Å². The summed E-state index contributed by atoms with van der Waals surface area (Å²) < 4.78 is 10.7. The Kier molecular flexibility index (Phi) is 3.95. The number of rotatable bonds is 5. The van der Waals surface area contributed by atoms with E-state index in [4.69, 9.17) is 15.2 Å². The maximum absolute atomic E-state index is 5.55. The summed E-state index contributed by atoms with van der Waals surface area (Å²) >= 11 is 0. The molecule has 1 aromatic heterocycles. The van der Waals surface area contributed by atoms with Crippen LogP contribution in [-0.2, 0) is 0 Å². The van der Waals surface area contributed by atoms with E-state index in [1.807, 2.05) is 6.92 Å². The van der Waals surface area contributed by atoms with Crippen LogP contribution in [0.1, 0.15) is 32.6 Å². The van der Waals surface area contributed by atoms with E-state index in [9.17, 15) is 0 Å². The van der Waals surface area contributed by atoms with Gasteiger partial charge in [0.05, 0.1) is 13.2 Å². The van der Waals surface area contributed by atoms with Gasteiger partial charge in [0.1, 0.15) is 0 Å². The van der Waals surface area contributed by atoms with Crippen molar-refractivity contribution >= 4 is 5.95 Å². The van der Waals surface area contributed by atoms with Gasteiger partial charge >= 0.3 is 12.0 Å². The van der Waals surface area contributed by atoms with E-state index >= 15 is 0 Å². The van der Waals surface area contributed by atoms with Gasteiger partial charge in [0, 0.05) is 0 Å². The van der Waals surface area contributed by atoms with Gasteiger partial charge in [-0.2, -0.15) is 9.97 Å². The zero-order chi connectivity index (χ0) is 12.1. The summed E-state index contributed by atoms with van der Waals surface area (Å²) in [6.45, 7) is 3.00.